The number of thioether (sulfide) groups is 1. The molecule has 1 aromatic carbocycles. The maximum absolute atomic E-state index is 11.8. The number of carbonyl (C=O) groups is 1. The Labute approximate surface area is 139 Å². The predicted octanol–water partition coefficient (Wildman–Crippen LogP) is 1.50. The summed E-state index contributed by atoms with van der Waals surface area (Å²) < 4.78 is 0. The molecule has 0 spiro atoms. The van der Waals surface area contributed by atoms with Gasteiger partial charge in [0.25, 0.3) is 5.56 Å². The molecule has 6 nitrogen and oxygen atoms in total. The minimum atomic E-state index is -0.216. The highest BCUT2D eigenvalue weighted by molar-refractivity contribution is 7.99. The first kappa shape index (κ1) is 17.1. The number of anilines is 1. The van der Waals surface area contributed by atoms with E-state index in [0.717, 1.165) is 18.7 Å². The summed E-state index contributed by atoms with van der Waals surface area (Å²) in [7, 11) is 2.03. The van der Waals surface area contributed by atoms with Gasteiger partial charge in [-0.25, -0.2) is 4.98 Å². The highest BCUT2D eigenvalue weighted by Crippen LogP contribution is 2.11. The second-order valence-corrected chi connectivity index (χ2v) is 5.95. The zero-order chi connectivity index (χ0) is 16.5. The first-order valence-electron chi connectivity index (χ1n) is 7.36. The minimum Gasteiger partial charge on any atom is -0.375 e. The van der Waals surface area contributed by atoms with Gasteiger partial charge in [0.2, 0.25) is 5.91 Å². The van der Waals surface area contributed by atoms with Crippen LogP contribution in [0.1, 0.15) is 6.42 Å². The highest BCUT2D eigenvalue weighted by atomic mass is 32.2. The van der Waals surface area contributed by atoms with Crippen molar-refractivity contribution in [2.75, 3.05) is 30.8 Å². The summed E-state index contributed by atoms with van der Waals surface area (Å²) in [5, 5.41) is 3.32. The Morgan fingerprint density at radius 2 is 2.09 bits per heavy atom. The molecule has 0 atom stereocenters. The number of aromatic amines is 1. The van der Waals surface area contributed by atoms with Gasteiger partial charge in [0.05, 0.1) is 5.75 Å². The van der Waals surface area contributed by atoms with Gasteiger partial charge in [-0.1, -0.05) is 30.0 Å². The van der Waals surface area contributed by atoms with Crippen LogP contribution in [0.2, 0.25) is 0 Å². The molecule has 122 valence electrons. The molecule has 2 aromatic rings. The van der Waals surface area contributed by atoms with Crippen molar-refractivity contribution in [3.8, 4) is 0 Å². The maximum atomic E-state index is 11.8. The summed E-state index contributed by atoms with van der Waals surface area (Å²) in [5.41, 5.74) is 0.945. The largest absolute Gasteiger partial charge is 0.375 e. The molecule has 2 rings (SSSR count). The van der Waals surface area contributed by atoms with Crippen molar-refractivity contribution in [1.82, 2.24) is 15.3 Å². The lowest BCUT2D eigenvalue weighted by Crippen LogP contribution is -2.29. The number of H-pyrrole nitrogens is 1. The van der Waals surface area contributed by atoms with Crippen molar-refractivity contribution < 1.29 is 4.79 Å². The van der Waals surface area contributed by atoms with E-state index in [1.165, 1.54) is 24.0 Å². The molecule has 1 amide bonds. The topological polar surface area (TPSA) is 78.1 Å². The van der Waals surface area contributed by atoms with E-state index in [2.05, 4.69) is 32.3 Å². The fourth-order valence-corrected chi connectivity index (χ4v) is 2.64. The molecule has 1 aromatic heterocycles. The fraction of sp³-hybridized carbons (Fsp3) is 0.312. The molecule has 1 heterocycles. The fourth-order valence-electron chi connectivity index (χ4n) is 1.97. The summed E-state index contributed by atoms with van der Waals surface area (Å²) in [6.45, 7) is 1.49. The van der Waals surface area contributed by atoms with Crippen LogP contribution in [0.25, 0.3) is 0 Å². The van der Waals surface area contributed by atoms with Gasteiger partial charge in [0.15, 0.2) is 5.16 Å². The number of carbonyl (C=O) groups excluding carboxylic acids is 1. The molecular formula is C16H20N4O2S. The van der Waals surface area contributed by atoms with Gasteiger partial charge in [-0.05, 0) is 18.6 Å². The Morgan fingerprint density at radius 3 is 2.83 bits per heavy atom. The van der Waals surface area contributed by atoms with Crippen molar-refractivity contribution in [2.45, 2.75) is 11.6 Å². The van der Waals surface area contributed by atoms with E-state index < -0.39 is 0 Å². The number of benzene rings is 1. The van der Waals surface area contributed by atoms with Crippen LogP contribution in [-0.2, 0) is 4.79 Å². The zero-order valence-corrected chi connectivity index (χ0v) is 13.8. The third-order valence-corrected chi connectivity index (χ3v) is 4.06. The van der Waals surface area contributed by atoms with E-state index >= 15 is 0 Å². The molecule has 23 heavy (non-hydrogen) atoms. The lowest BCUT2D eigenvalue weighted by Gasteiger charge is -2.19. The van der Waals surface area contributed by atoms with E-state index in [-0.39, 0.29) is 17.2 Å². The molecule has 0 aliphatic heterocycles. The van der Waals surface area contributed by atoms with Gasteiger partial charge >= 0.3 is 0 Å². The van der Waals surface area contributed by atoms with Crippen LogP contribution >= 0.6 is 11.8 Å². The number of hydrogen-bond donors (Lipinski definition) is 2. The number of para-hydroxylation sites is 1. The Bertz CT molecular complexity index is 675. The predicted molar refractivity (Wildman–Crippen MR) is 92.9 cm³/mol. The van der Waals surface area contributed by atoms with E-state index in [9.17, 15) is 9.59 Å². The average Bonchev–Trinajstić information content (AvgIpc) is 2.57. The smallest absolute Gasteiger partial charge is 0.251 e. The standard InChI is InChI=1S/C16H20N4O2S/c1-20(13-6-3-2-4-7-13)11-5-9-17-15(22)12-23-16-18-10-8-14(21)19-16/h2-4,6-8,10H,5,9,11-12H2,1H3,(H,17,22)(H,18,19,21). The van der Waals surface area contributed by atoms with Crippen molar-refractivity contribution >= 4 is 23.4 Å². The minimum absolute atomic E-state index is 0.0659. The van der Waals surface area contributed by atoms with E-state index in [4.69, 9.17) is 0 Å². The Kier molecular flexibility index (Phi) is 6.68. The number of rotatable bonds is 8. The van der Waals surface area contributed by atoms with Crippen LogP contribution in [-0.4, -0.2) is 41.8 Å². The van der Waals surface area contributed by atoms with Gasteiger partial charge in [0, 0.05) is 38.1 Å². The van der Waals surface area contributed by atoms with Gasteiger partial charge in [-0.2, -0.15) is 0 Å². The Morgan fingerprint density at radius 1 is 1.30 bits per heavy atom. The SMILES string of the molecule is CN(CCCNC(=O)CSc1nccc(=O)[nH]1)c1ccccc1. The number of hydrogen-bond acceptors (Lipinski definition) is 5. The quantitative estimate of drug-likeness (QED) is 0.435. The maximum Gasteiger partial charge on any atom is 0.251 e. The molecule has 0 bridgehead atoms. The van der Waals surface area contributed by atoms with Crippen molar-refractivity contribution in [1.29, 1.82) is 0 Å². The number of aromatic nitrogens is 2. The normalized spacial score (nSPS) is 10.3. The van der Waals surface area contributed by atoms with Gasteiger partial charge in [-0.3, -0.25) is 9.59 Å². The molecule has 0 aliphatic carbocycles. The van der Waals surface area contributed by atoms with Crippen LogP contribution < -0.4 is 15.8 Å². The van der Waals surface area contributed by atoms with E-state index in [1.807, 2.05) is 25.2 Å². The Hall–Kier alpha value is -2.28. The molecule has 0 saturated heterocycles. The van der Waals surface area contributed by atoms with Gasteiger partial charge < -0.3 is 15.2 Å². The number of amides is 1. The van der Waals surface area contributed by atoms with Crippen molar-refractivity contribution in [3.63, 3.8) is 0 Å². The molecule has 0 aliphatic rings. The molecular weight excluding hydrogens is 312 g/mol. The third kappa shape index (κ3) is 6.15. The van der Waals surface area contributed by atoms with Crippen molar-refractivity contribution in [2.24, 2.45) is 0 Å². The first-order chi connectivity index (χ1) is 11.1. The van der Waals surface area contributed by atoms with E-state index in [0.29, 0.717) is 11.7 Å². The number of nitrogens with one attached hydrogen (secondary N) is 2. The van der Waals surface area contributed by atoms with Crippen LogP contribution in [0, 0.1) is 0 Å². The van der Waals surface area contributed by atoms with Gasteiger partial charge in [-0.15, -0.1) is 0 Å². The first-order valence-corrected chi connectivity index (χ1v) is 8.35. The lowest BCUT2D eigenvalue weighted by atomic mass is 10.3. The number of nitrogens with zero attached hydrogens (tertiary/aromatic N) is 2. The third-order valence-electron chi connectivity index (χ3n) is 3.18. The average molecular weight is 332 g/mol. The summed E-state index contributed by atoms with van der Waals surface area (Å²) in [4.78, 5) is 31.6. The zero-order valence-electron chi connectivity index (χ0n) is 13.0. The summed E-state index contributed by atoms with van der Waals surface area (Å²) in [6, 6.07) is 11.5. The highest BCUT2D eigenvalue weighted by Gasteiger charge is 2.04. The second-order valence-electron chi connectivity index (χ2n) is 4.99. The molecule has 0 unspecified atom stereocenters. The summed E-state index contributed by atoms with van der Waals surface area (Å²) in [6.07, 6.45) is 2.29. The second kappa shape index (κ2) is 8.99. The molecule has 2 N–H and O–H groups in total. The molecule has 0 fully saturated rings. The molecule has 0 saturated carbocycles. The van der Waals surface area contributed by atoms with Crippen LogP contribution in [0.15, 0.2) is 52.5 Å². The van der Waals surface area contributed by atoms with Crippen LogP contribution in [0.5, 0.6) is 0 Å². The van der Waals surface area contributed by atoms with E-state index in [1.54, 1.807) is 0 Å². The summed E-state index contributed by atoms with van der Waals surface area (Å²) >= 11 is 1.21. The molecule has 0 radical (unpaired) electrons. The monoisotopic (exact) mass is 332 g/mol. The van der Waals surface area contributed by atoms with Crippen LogP contribution in [0.4, 0.5) is 5.69 Å². The summed E-state index contributed by atoms with van der Waals surface area (Å²) in [5.74, 6) is 0.172. The Balaban J connectivity index is 1.62. The van der Waals surface area contributed by atoms with Crippen LogP contribution in [0.3, 0.4) is 0 Å². The lowest BCUT2D eigenvalue weighted by molar-refractivity contribution is -0.118. The molecule has 7 heteroatoms. The van der Waals surface area contributed by atoms with Crippen molar-refractivity contribution in [3.05, 3.63) is 52.9 Å². The van der Waals surface area contributed by atoms with Gasteiger partial charge in [0.1, 0.15) is 0 Å².